The van der Waals surface area contributed by atoms with Gasteiger partial charge in [0.15, 0.2) is 0 Å². The van der Waals surface area contributed by atoms with Gasteiger partial charge in [-0.15, -0.1) is 6.58 Å². The first-order valence-electron chi connectivity index (χ1n) is 6.18. The summed E-state index contributed by atoms with van der Waals surface area (Å²) >= 11 is 0. The molecule has 17 heavy (non-hydrogen) atoms. The Morgan fingerprint density at radius 1 is 1.47 bits per heavy atom. The molecule has 1 aromatic heterocycles. The van der Waals surface area contributed by atoms with E-state index in [0.717, 1.165) is 37.5 Å². The lowest BCUT2D eigenvalue weighted by atomic mass is 10.2. The Balaban J connectivity index is 2.52. The fraction of sp³-hybridized carbons (Fsp3) is 0.500. The molecule has 1 N–H and O–H groups in total. The van der Waals surface area contributed by atoms with Gasteiger partial charge in [-0.1, -0.05) is 13.0 Å². The molecule has 0 aliphatic carbocycles. The Bertz CT molecular complexity index is 350. The predicted molar refractivity (Wildman–Crippen MR) is 71.3 cm³/mol. The summed E-state index contributed by atoms with van der Waals surface area (Å²) in [5.74, 6) is 0.724. The number of rotatable bonds is 8. The van der Waals surface area contributed by atoms with Gasteiger partial charge < -0.3 is 10.1 Å². The van der Waals surface area contributed by atoms with Gasteiger partial charge in [-0.3, -0.25) is 0 Å². The Hall–Kier alpha value is -1.35. The van der Waals surface area contributed by atoms with Crippen molar-refractivity contribution >= 4 is 0 Å². The summed E-state index contributed by atoms with van der Waals surface area (Å²) in [4.78, 5) is 4.36. The molecule has 0 aliphatic rings. The zero-order valence-corrected chi connectivity index (χ0v) is 10.8. The van der Waals surface area contributed by atoms with Crippen molar-refractivity contribution in [2.45, 2.75) is 33.2 Å². The number of ether oxygens (including phenoxy) is 1. The molecule has 3 heteroatoms. The molecule has 0 aliphatic heterocycles. The first-order valence-corrected chi connectivity index (χ1v) is 6.18. The molecule has 0 unspecified atom stereocenters. The van der Waals surface area contributed by atoms with Gasteiger partial charge >= 0.3 is 0 Å². The summed E-state index contributed by atoms with van der Waals surface area (Å²) in [6.45, 7) is 10.3. The average molecular weight is 234 g/mol. The number of unbranched alkanes of at least 4 members (excludes halogenated alkanes) is 1. The normalized spacial score (nSPS) is 10.2. The Labute approximate surface area is 104 Å². The summed E-state index contributed by atoms with van der Waals surface area (Å²) in [5, 5.41) is 3.30. The first-order chi connectivity index (χ1) is 8.26. The van der Waals surface area contributed by atoms with Crippen LogP contribution in [0.5, 0.6) is 5.88 Å². The topological polar surface area (TPSA) is 34.1 Å². The zero-order chi connectivity index (χ0) is 12.5. The smallest absolute Gasteiger partial charge is 0.213 e. The molecule has 0 aromatic carbocycles. The van der Waals surface area contributed by atoms with E-state index in [4.69, 9.17) is 4.74 Å². The molecular weight excluding hydrogens is 212 g/mol. The molecule has 1 aromatic rings. The van der Waals surface area contributed by atoms with E-state index < -0.39 is 0 Å². The number of aromatic nitrogens is 1. The minimum absolute atomic E-state index is 0.698. The van der Waals surface area contributed by atoms with Crippen LogP contribution in [0.4, 0.5) is 0 Å². The fourth-order valence-electron chi connectivity index (χ4n) is 1.56. The standard InChI is InChI=1S/C14H22N2O/c1-4-6-7-8-17-14-10-13(11-15-5-2)9-12(3)16-14/h4,9-10,15H,1,5-8,11H2,2-3H3. The maximum absolute atomic E-state index is 5.62. The van der Waals surface area contributed by atoms with Gasteiger partial charge in [0.1, 0.15) is 0 Å². The third-order valence-electron chi connectivity index (χ3n) is 2.37. The number of aryl methyl sites for hydroxylation is 1. The van der Waals surface area contributed by atoms with Crippen LogP contribution in [0.2, 0.25) is 0 Å². The van der Waals surface area contributed by atoms with Gasteiger partial charge in [-0.2, -0.15) is 0 Å². The number of allylic oxidation sites excluding steroid dienone is 1. The van der Waals surface area contributed by atoms with E-state index in [1.54, 1.807) is 0 Å². The highest BCUT2D eigenvalue weighted by atomic mass is 16.5. The molecule has 0 amide bonds. The molecule has 0 bridgehead atoms. The van der Waals surface area contributed by atoms with Crippen molar-refractivity contribution in [1.82, 2.24) is 10.3 Å². The summed E-state index contributed by atoms with van der Waals surface area (Å²) in [5.41, 5.74) is 2.22. The quantitative estimate of drug-likeness (QED) is 0.555. The Morgan fingerprint density at radius 3 is 3.00 bits per heavy atom. The van der Waals surface area contributed by atoms with Crippen molar-refractivity contribution < 1.29 is 4.74 Å². The van der Waals surface area contributed by atoms with E-state index in [1.165, 1.54) is 5.56 Å². The zero-order valence-electron chi connectivity index (χ0n) is 10.8. The van der Waals surface area contributed by atoms with Crippen LogP contribution in [0.3, 0.4) is 0 Å². The number of hydrogen-bond acceptors (Lipinski definition) is 3. The molecule has 0 saturated heterocycles. The van der Waals surface area contributed by atoms with Crippen LogP contribution in [0.25, 0.3) is 0 Å². The summed E-state index contributed by atoms with van der Waals surface area (Å²) < 4.78 is 5.62. The molecular formula is C14H22N2O. The van der Waals surface area contributed by atoms with Crippen LogP contribution in [-0.4, -0.2) is 18.1 Å². The molecule has 3 nitrogen and oxygen atoms in total. The van der Waals surface area contributed by atoms with Gasteiger partial charge in [-0.05, 0) is 37.9 Å². The minimum Gasteiger partial charge on any atom is -0.478 e. The second-order valence-corrected chi connectivity index (χ2v) is 4.01. The lowest BCUT2D eigenvalue weighted by Gasteiger charge is -2.08. The second kappa shape index (κ2) is 7.85. The van der Waals surface area contributed by atoms with Crippen molar-refractivity contribution in [3.05, 3.63) is 36.0 Å². The van der Waals surface area contributed by atoms with Gasteiger partial charge in [0.2, 0.25) is 5.88 Å². The maximum Gasteiger partial charge on any atom is 0.213 e. The molecule has 0 radical (unpaired) electrons. The van der Waals surface area contributed by atoms with Gasteiger partial charge in [0.25, 0.3) is 0 Å². The molecule has 0 atom stereocenters. The third-order valence-corrected chi connectivity index (χ3v) is 2.37. The lowest BCUT2D eigenvalue weighted by molar-refractivity contribution is 0.299. The van der Waals surface area contributed by atoms with Crippen molar-refractivity contribution in [2.75, 3.05) is 13.2 Å². The van der Waals surface area contributed by atoms with Crippen LogP contribution in [-0.2, 0) is 6.54 Å². The molecule has 0 spiro atoms. The molecule has 94 valence electrons. The highest BCUT2D eigenvalue weighted by molar-refractivity contribution is 5.24. The third kappa shape index (κ3) is 5.50. The van der Waals surface area contributed by atoms with Crippen LogP contribution >= 0.6 is 0 Å². The lowest BCUT2D eigenvalue weighted by Crippen LogP contribution is -2.12. The van der Waals surface area contributed by atoms with Gasteiger partial charge in [0.05, 0.1) is 6.61 Å². The average Bonchev–Trinajstić information content (AvgIpc) is 2.31. The number of nitrogens with zero attached hydrogens (tertiary/aromatic N) is 1. The molecule has 0 saturated carbocycles. The monoisotopic (exact) mass is 234 g/mol. The van der Waals surface area contributed by atoms with E-state index in [2.05, 4.69) is 29.9 Å². The van der Waals surface area contributed by atoms with Crippen molar-refractivity contribution in [3.8, 4) is 5.88 Å². The van der Waals surface area contributed by atoms with Crippen molar-refractivity contribution in [1.29, 1.82) is 0 Å². The van der Waals surface area contributed by atoms with E-state index in [0.29, 0.717) is 6.61 Å². The highest BCUT2D eigenvalue weighted by Crippen LogP contribution is 2.12. The summed E-state index contributed by atoms with van der Waals surface area (Å²) in [7, 11) is 0. The largest absolute Gasteiger partial charge is 0.478 e. The van der Waals surface area contributed by atoms with Crippen LogP contribution in [0.15, 0.2) is 24.8 Å². The number of nitrogens with one attached hydrogen (secondary N) is 1. The Morgan fingerprint density at radius 2 is 2.29 bits per heavy atom. The molecule has 0 fully saturated rings. The van der Waals surface area contributed by atoms with E-state index >= 15 is 0 Å². The van der Waals surface area contributed by atoms with Gasteiger partial charge in [0, 0.05) is 18.3 Å². The SMILES string of the molecule is C=CCCCOc1cc(CNCC)cc(C)n1. The summed E-state index contributed by atoms with van der Waals surface area (Å²) in [6, 6.07) is 4.09. The predicted octanol–water partition coefficient (Wildman–Crippen LogP) is 2.84. The van der Waals surface area contributed by atoms with E-state index in [-0.39, 0.29) is 0 Å². The maximum atomic E-state index is 5.62. The highest BCUT2D eigenvalue weighted by Gasteiger charge is 2.01. The molecule has 1 heterocycles. The van der Waals surface area contributed by atoms with Crippen molar-refractivity contribution in [2.24, 2.45) is 0 Å². The fourth-order valence-corrected chi connectivity index (χ4v) is 1.56. The van der Waals surface area contributed by atoms with Crippen LogP contribution in [0, 0.1) is 6.92 Å². The number of hydrogen-bond donors (Lipinski definition) is 1. The van der Waals surface area contributed by atoms with Crippen LogP contribution in [0.1, 0.15) is 31.0 Å². The second-order valence-electron chi connectivity index (χ2n) is 4.01. The Kier molecular flexibility index (Phi) is 6.33. The van der Waals surface area contributed by atoms with Crippen LogP contribution < -0.4 is 10.1 Å². The van der Waals surface area contributed by atoms with Crippen molar-refractivity contribution in [3.63, 3.8) is 0 Å². The summed E-state index contributed by atoms with van der Waals surface area (Å²) in [6.07, 6.45) is 3.88. The molecule has 1 rings (SSSR count). The number of pyridine rings is 1. The van der Waals surface area contributed by atoms with E-state index in [1.807, 2.05) is 19.1 Å². The van der Waals surface area contributed by atoms with Gasteiger partial charge in [-0.25, -0.2) is 4.98 Å². The minimum atomic E-state index is 0.698. The first kappa shape index (κ1) is 13.7. The van der Waals surface area contributed by atoms with E-state index in [9.17, 15) is 0 Å².